The Labute approximate surface area is 157 Å². The van der Waals surface area contributed by atoms with Gasteiger partial charge in [0.1, 0.15) is 12.3 Å². The van der Waals surface area contributed by atoms with Crippen molar-refractivity contribution in [1.82, 2.24) is 25.1 Å². The lowest BCUT2D eigenvalue weighted by molar-refractivity contribution is -0.133. The molecule has 1 aliphatic heterocycles. The number of carbonyl (C=O) groups is 1. The topological polar surface area (TPSA) is 89.1 Å². The molecule has 1 aliphatic rings. The van der Waals surface area contributed by atoms with Gasteiger partial charge < -0.3 is 14.7 Å². The molecule has 1 amide bonds. The molecule has 4 rings (SSSR count). The Bertz CT molecular complexity index is 961. The summed E-state index contributed by atoms with van der Waals surface area (Å²) in [5.41, 5.74) is 3.95. The Morgan fingerprint density at radius 3 is 2.96 bits per heavy atom. The number of nitrogens with zero attached hydrogens (tertiary/aromatic N) is 5. The van der Waals surface area contributed by atoms with Crippen molar-refractivity contribution in [2.75, 3.05) is 11.9 Å². The van der Waals surface area contributed by atoms with Gasteiger partial charge in [-0.2, -0.15) is 0 Å². The zero-order chi connectivity index (χ0) is 18.8. The van der Waals surface area contributed by atoms with Gasteiger partial charge in [0.15, 0.2) is 5.82 Å². The molecule has 1 aromatic carbocycles. The van der Waals surface area contributed by atoms with Crippen molar-refractivity contribution in [2.24, 2.45) is 0 Å². The van der Waals surface area contributed by atoms with E-state index in [4.69, 9.17) is 4.52 Å². The number of nitrogens with one attached hydrogen (secondary N) is 1. The lowest BCUT2D eigenvalue weighted by Crippen LogP contribution is -2.38. The number of hydrogen-bond donors (Lipinski definition) is 1. The SMILES string of the molecule is CCc1ccccc1Nc1noc2c1CN(C(=O)Cn1cc(C)nn1)CC2. The van der Waals surface area contributed by atoms with Crippen LogP contribution in [0, 0.1) is 6.92 Å². The van der Waals surface area contributed by atoms with Gasteiger partial charge in [-0.25, -0.2) is 4.68 Å². The van der Waals surface area contributed by atoms with E-state index in [9.17, 15) is 4.79 Å². The molecule has 1 N–H and O–H groups in total. The van der Waals surface area contributed by atoms with E-state index in [2.05, 4.69) is 33.8 Å². The van der Waals surface area contributed by atoms with Crippen molar-refractivity contribution in [3.63, 3.8) is 0 Å². The monoisotopic (exact) mass is 366 g/mol. The Morgan fingerprint density at radius 2 is 2.19 bits per heavy atom. The molecule has 3 heterocycles. The van der Waals surface area contributed by atoms with E-state index in [-0.39, 0.29) is 12.5 Å². The minimum atomic E-state index is 0.00617. The molecular weight excluding hydrogens is 344 g/mol. The second-order valence-corrected chi connectivity index (χ2v) is 6.69. The van der Waals surface area contributed by atoms with Crippen molar-refractivity contribution in [2.45, 2.75) is 39.8 Å². The van der Waals surface area contributed by atoms with Crippen LogP contribution in [0.3, 0.4) is 0 Å². The van der Waals surface area contributed by atoms with Gasteiger partial charge in [0.2, 0.25) is 5.91 Å². The van der Waals surface area contributed by atoms with Crippen molar-refractivity contribution in [3.05, 3.63) is 53.0 Å². The van der Waals surface area contributed by atoms with Gasteiger partial charge in [-0.3, -0.25) is 4.79 Å². The molecule has 0 fully saturated rings. The molecule has 27 heavy (non-hydrogen) atoms. The normalized spacial score (nSPS) is 13.5. The van der Waals surface area contributed by atoms with E-state index >= 15 is 0 Å². The standard InChI is InChI=1S/C19H22N6O2/c1-3-14-6-4-5-7-16(14)20-19-15-11-24(9-8-17(15)27-22-19)18(26)12-25-10-13(2)21-23-25/h4-7,10H,3,8-9,11-12H2,1-2H3,(H,20,22). The first kappa shape index (κ1) is 17.3. The zero-order valence-electron chi connectivity index (χ0n) is 15.5. The largest absolute Gasteiger partial charge is 0.359 e. The van der Waals surface area contributed by atoms with Crippen LogP contribution in [-0.4, -0.2) is 37.5 Å². The van der Waals surface area contributed by atoms with Gasteiger partial charge in [0.25, 0.3) is 0 Å². The molecular formula is C19H22N6O2. The smallest absolute Gasteiger partial charge is 0.244 e. The highest BCUT2D eigenvalue weighted by Gasteiger charge is 2.27. The molecule has 0 saturated heterocycles. The van der Waals surface area contributed by atoms with Crippen LogP contribution in [-0.2, 0) is 30.7 Å². The van der Waals surface area contributed by atoms with Crippen LogP contribution in [0.5, 0.6) is 0 Å². The fraction of sp³-hybridized carbons (Fsp3) is 0.368. The van der Waals surface area contributed by atoms with Crippen LogP contribution in [0.4, 0.5) is 11.5 Å². The van der Waals surface area contributed by atoms with Crippen LogP contribution in [0.15, 0.2) is 35.0 Å². The summed E-state index contributed by atoms with van der Waals surface area (Å²) >= 11 is 0. The Morgan fingerprint density at radius 1 is 1.33 bits per heavy atom. The number of rotatable bonds is 5. The number of para-hydroxylation sites is 1. The van der Waals surface area contributed by atoms with E-state index in [1.165, 1.54) is 5.56 Å². The predicted molar refractivity (Wildman–Crippen MR) is 99.5 cm³/mol. The summed E-state index contributed by atoms with van der Waals surface area (Å²) in [4.78, 5) is 14.5. The summed E-state index contributed by atoms with van der Waals surface area (Å²) in [6.07, 6.45) is 3.34. The van der Waals surface area contributed by atoms with Crippen molar-refractivity contribution in [3.8, 4) is 0 Å². The lowest BCUT2D eigenvalue weighted by Gasteiger charge is -2.26. The van der Waals surface area contributed by atoms with Crippen LogP contribution < -0.4 is 5.32 Å². The van der Waals surface area contributed by atoms with Crippen molar-refractivity contribution >= 4 is 17.4 Å². The molecule has 0 radical (unpaired) electrons. The van der Waals surface area contributed by atoms with Crippen LogP contribution in [0.2, 0.25) is 0 Å². The summed E-state index contributed by atoms with van der Waals surface area (Å²) in [5, 5.41) is 15.5. The van der Waals surface area contributed by atoms with Crippen molar-refractivity contribution < 1.29 is 9.32 Å². The van der Waals surface area contributed by atoms with Gasteiger partial charge in [0.05, 0.1) is 17.8 Å². The first-order valence-electron chi connectivity index (χ1n) is 9.11. The summed E-state index contributed by atoms with van der Waals surface area (Å²) in [6, 6.07) is 8.13. The number of fused-ring (bicyclic) bond motifs is 1. The Hall–Kier alpha value is -3.16. The molecule has 8 nitrogen and oxygen atoms in total. The Kier molecular flexibility index (Phi) is 4.62. The fourth-order valence-corrected chi connectivity index (χ4v) is 3.31. The van der Waals surface area contributed by atoms with Crippen LogP contribution in [0.25, 0.3) is 0 Å². The van der Waals surface area contributed by atoms with Crippen LogP contribution in [0.1, 0.15) is 29.5 Å². The molecule has 8 heteroatoms. The minimum absolute atomic E-state index is 0.00617. The average Bonchev–Trinajstić information content (AvgIpc) is 3.28. The van der Waals surface area contributed by atoms with Gasteiger partial charge >= 0.3 is 0 Å². The number of amides is 1. The molecule has 0 unspecified atom stereocenters. The maximum Gasteiger partial charge on any atom is 0.244 e. The quantitative estimate of drug-likeness (QED) is 0.746. The highest BCUT2D eigenvalue weighted by molar-refractivity contribution is 5.76. The summed E-state index contributed by atoms with van der Waals surface area (Å²) < 4.78 is 7.07. The molecule has 3 aromatic rings. The first-order chi connectivity index (χ1) is 13.1. The number of aromatic nitrogens is 4. The third-order valence-corrected chi connectivity index (χ3v) is 4.78. The first-order valence-corrected chi connectivity index (χ1v) is 9.11. The highest BCUT2D eigenvalue weighted by Crippen LogP contribution is 2.29. The van der Waals surface area contributed by atoms with E-state index in [0.717, 1.165) is 29.1 Å². The zero-order valence-corrected chi connectivity index (χ0v) is 15.5. The predicted octanol–water partition coefficient (Wildman–Crippen LogP) is 2.47. The average molecular weight is 366 g/mol. The van der Waals surface area contributed by atoms with E-state index in [1.807, 2.05) is 30.0 Å². The number of aryl methyl sites for hydroxylation is 2. The molecule has 0 aliphatic carbocycles. The summed E-state index contributed by atoms with van der Waals surface area (Å²) in [6.45, 7) is 5.24. The minimum Gasteiger partial charge on any atom is -0.359 e. The Balaban J connectivity index is 1.50. The summed E-state index contributed by atoms with van der Waals surface area (Å²) in [5.74, 6) is 1.53. The second-order valence-electron chi connectivity index (χ2n) is 6.69. The summed E-state index contributed by atoms with van der Waals surface area (Å²) in [7, 11) is 0. The molecule has 0 atom stereocenters. The molecule has 0 spiro atoms. The van der Waals surface area contributed by atoms with Crippen LogP contribution >= 0.6 is 0 Å². The third-order valence-electron chi connectivity index (χ3n) is 4.78. The van der Waals surface area contributed by atoms with Gasteiger partial charge in [0, 0.05) is 24.8 Å². The maximum absolute atomic E-state index is 12.6. The van der Waals surface area contributed by atoms with E-state index < -0.39 is 0 Å². The molecule has 0 saturated carbocycles. The fourth-order valence-electron chi connectivity index (χ4n) is 3.31. The van der Waals surface area contributed by atoms with Gasteiger partial charge in [-0.1, -0.05) is 35.5 Å². The van der Waals surface area contributed by atoms with E-state index in [1.54, 1.807) is 10.9 Å². The second kappa shape index (κ2) is 7.22. The van der Waals surface area contributed by atoms with Gasteiger partial charge in [-0.05, 0) is 25.0 Å². The highest BCUT2D eigenvalue weighted by atomic mass is 16.5. The molecule has 0 bridgehead atoms. The number of hydrogen-bond acceptors (Lipinski definition) is 6. The van der Waals surface area contributed by atoms with Crippen molar-refractivity contribution in [1.29, 1.82) is 0 Å². The maximum atomic E-state index is 12.6. The lowest BCUT2D eigenvalue weighted by atomic mass is 10.1. The number of benzene rings is 1. The molecule has 140 valence electrons. The third kappa shape index (κ3) is 3.55. The van der Waals surface area contributed by atoms with E-state index in [0.29, 0.717) is 25.3 Å². The number of carbonyl (C=O) groups excluding carboxylic acids is 1. The van der Waals surface area contributed by atoms with Gasteiger partial charge in [-0.15, -0.1) is 5.10 Å². The molecule has 2 aromatic heterocycles. The number of anilines is 2.